The zero-order valence-corrected chi connectivity index (χ0v) is 15.3. The molecule has 8 heteroatoms. The number of amides is 2. The van der Waals surface area contributed by atoms with Crippen LogP contribution in [0, 0.1) is 0 Å². The van der Waals surface area contributed by atoms with Crippen LogP contribution in [0.5, 0.6) is 5.75 Å². The minimum Gasteiger partial charge on any atom is -0.479 e. The van der Waals surface area contributed by atoms with Crippen LogP contribution in [0.1, 0.15) is 34.6 Å². The smallest absolute Gasteiger partial charge is 0.335 e. The number of nitrogens with zero attached hydrogens (tertiary/aromatic N) is 1. The molecule has 8 nitrogen and oxygen atoms in total. The van der Waals surface area contributed by atoms with Crippen LogP contribution in [-0.4, -0.2) is 41.3 Å². The predicted molar refractivity (Wildman–Crippen MR) is 101 cm³/mol. The molecule has 0 aliphatic carbocycles. The lowest BCUT2D eigenvalue weighted by Crippen LogP contribution is -2.47. The van der Waals surface area contributed by atoms with Gasteiger partial charge in [0.05, 0.1) is 11.3 Å². The molecule has 2 aromatic carbocycles. The van der Waals surface area contributed by atoms with Crippen LogP contribution in [0.25, 0.3) is 0 Å². The Kier molecular flexibility index (Phi) is 5.12. The molecule has 0 saturated carbocycles. The largest absolute Gasteiger partial charge is 0.479 e. The van der Waals surface area contributed by atoms with Gasteiger partial charge in [-0.2, -0.15) is 0 Å². The minimum absolute atomic E-state index is 0.0980. The van der Waals surface area contributed by atoms with Crippen LogP contribution in [0.2, 0.25) is 0 Å². The fraction of sp³-hybridized carbons (Fsp3) is 0.200. The van der Waals surface area contributed by atoms with Crippen LogP contribution >= 0.6 is 0 Å². The Hall–Kier alpha value is -3.68. The number of rotatable bonds is 5. The number of ether oxygens (including phenoxy) is 1. The van der Waals surface area contributed by atoms with Crippen LogP contribution in [0.15, 0.2) is 42.5 Å². The number of carbonyl (C=O) groups excluding carboxylic acids is 3. The molecule has 0 spiro atoms. The summed E-state index contributed by atoms with van der Waals surface area (Å²) in [5.41, 5.74) is 1.26. The first-order valence-electron chi connectivity index (χ1n) is 8.52. The van der Waals surface area contributed by atoms with Gasteiger partial charge in [-0.15, -0.1) is 0 Å². The van der Waals surface area contributed by atoms with Gasteiger partial charge in [0.2, 0.25) is 5.91 Å². The van der Waals surface area contributed by atoms with Crippen molar-refractivity contribution in [1.29, 1.82) is 0 Å². The summed E-state index contributed by atoms with van der Waals surface area (Å²) in [6.07, 6.45) is -0.765. The van der Waals surface area contributed by atoms with Gasteiger partial charge < -0.3 is 15.2 Å². The number of carbonyl (C=O) groups is 4. The molecule has 0 fully saturated rings. The van der Waals surface area contributed by atoms with Gasteiger partial charge in [-0.05, 0) is 56.3 Å². The molecule has 0 bridgehead atoms. The number of anilines is 2. The van der Waals surface area contributed by atoms with E-state index in [-0.39, 0.29) is 17.9 Å². The standard InChI is InChI=1S/C20H18N2O6/c1-11(23)14-5-8-17-16(9-14)22(19(25)12(2)28-17)10-18(24)21-15-6-3-13(4-7-15)20(26)27/h3-9,12H,10H2,1-2H3,(H,21,24)(H,26,27). The van der Waals surface area contributed by atoms with Crippen LogP contribution in [-0.2, 0) is 9.59 Å². The summed E-state index contributed by atoms with van der Waals surface area (Å²) >= 11 is 0. The second-order valence-corrected chi connectivity index (χ2v) is 6.35. The molecule has 28 heavy (non-hydrogen) atoms. The Morgan fingerprint density at radius 3 is 2.36 bits per heavy atom. The highest BCUT2D eigenvalue weighted by molar-refractivity contribution is 6.07. The number of hydrogen-bond acceptors (Lipinski definition) is 5. The predicted octanol–water partition coefficient (Wildman–Crippen LogP) is 2.34. The summed E-state index contributed by atoms with van der Waals surface area (Å²) in [4.78, 5) is 48.8. The number of hydrogen-bond donors (Lipinski definition) is 2. The molecule has 1 unspecified atom stereocenters. The van der Waals surface area contributed by atoms with Crippen LogP contribution in [0.3, 0.4) is 0 Å². The molecule has 0 aromatic heterocycles. The molecule has 1 atom stereocenters. The average molecular weight is 382 g/mol. The summed E-state index contributed by atoms with van der Waals surface area (Å²) in [5, 5.41) is 11.5. The number of Topliss-reactive ketones (excluding diaryl/α,β-unsaturated/α-hetero) is 1. The number of carboxylic acids is 1. The summed E-state index contributed by atoms with van der Waals surface area (Å²) < 4.78 is 5.55. The third-order valence-electron chi connectivity index (χ3n) is 4.29. The fourth-order valence-corrected chi connectivity index (χ4v) is 2.83. The Morgan fingerprint density at radius 1 is 1.11 bits per heavy atom. The average Bonchev–Trinajstić information content (AvgIpc) is 2.65. The maximum absolute atomic E-state index is 12.5. The molecule has 3 rings (SSSR count). The molecule has 1 aliphatic heterocycles. The topological polar surface area (TPSA) is 113 Å². The second kappa shape index (κ2) is 7.51. The van der Waals surface area contributed by atoms with E-state index in [4.69, 9.17) is 9.84 Å². The monoisotopic (exact) mass is 382 g/mol. The molecule has 2 aromatic rings. The highest BCUT2D eigenvalue weighted by Gasteiger charge is 2.33. The van der Waals surface area contributed by atoms with Gasteiger partial charge in [-0.1, -0.05) is 0 Å². The van der Waals surface area contributed by atoms with E-state index in [0.717, 1.165) is 0 Å². The lowest BCUT2D eigenvalue weighted by molar-refractivity contribution is -0.127. The van der Waals surface area contributed by atoms with Gasteiger partial charge in [0.25, 0.3) is 5.91 Å². The fourth-order valence-electron chi connectivity index (χ4n) is 2.83. The quantitative estimate of drug-likeness (QED) is 0.768. The van der Waals surface area contributed by atoms with E-state index in [9.17, 15) is 19.2 Å². The van der Waals surface area contributed by atoms with Crippen molar-refractivity contribution < 1.29 is 29.0 Å². The number of aromatic carboxylic acids is 1. The molecule has 0 radical (unpaired) electrons. The van der Waals surface area contributed by atoms with E-state index in [0.29, 0.717) is 22.7 Å². The molecule has 1 aliphatic rings. The van der Waals surface area contributed by atoms with Crippen molar-refractivity contribution in [2.75, 3.05) is 16.8 Å². The Balaban J connectivity index is 1.81. The van der Waals surface area contributed by atoms with Crippen molar-refractivity contribution in [3.05, 3.63) is 53.6 Å². The number of carboxylic acid groups (broad SMARTS) is 1. The van der Waals surface area contributed by atoms with Crippen molar-refractivity contribution in [2.45, 2.75) is 20.0 Å². The van der Waals surface area contributed by atoms with Crippen molar-refractivity contribution in [3.63, 3.8) is 0 Å². The number of nitrogens with one attached hydrogen (secondary N) is 1. The van der Waals surface area contributed by atoms with Gasteiger partial charge in [0.1, 0.15) is 12.3 Å². The first kappa shape index (κ1) is 19.1. The Labute approximate surface area is 160 Å². The zero-order chi connectivity index (χ0) is 20.4. The summed E-state index contributed by atoms with van der Waals surface area (Å²) in [6, 6.07) is 10.4. The van der Waals surface area contributed by atoms with Gasteiger partial charge >= 0.3 is 5.97 Å². The third-order valence-corrected chi connectivity index (χ3v) is 4.29. The van der Waals surface area contributed by atoms with E-state index in [2.05, 4.69) is 5.32 Å². The van der Waals surface area contributed by atoms with Gasteiger partial charge in [-0.25, -0.2) is 4.79 Å². The van der Waals surface area contributed by atoms with Crippen molar-refractivity contribution in [3.8, 4) is 5.75 Å². The SMILES string of the molecule is CC(=O)c1ccc2c(c1)N(CC(=O)Nc1ccc(C(=O)O)cc1)C(=O)C(C)O2. The van der Waals surface area contributed by atoms with E-state index in [1.165, 1.54) is 42.2 Å². The normalized spacial score (nSPS) is 15.4. The molecule has 144 valence electrons. The molecule has 0 saturated heterocycles. The molecular weight excluding hydrogens is 364 g/mol. The molecule has 2 amide bonds. The molecular formula is C20H18N2O6. The van der Waals surface area contributed by atoms with Crippen LogP contribution < -0.4 is 15.0 Å². The zero-order valence-electron chi connectivity index (χ0n) is 15.3. The molecule has 2 N–H and O–H groups in total. The Bertz CT molecular complexity index is 967. The number of ketones is 1. The maximum Gasteiger partial charge on any atom is 0.335 e. The van der Waals surface area contributed by atoms with Gasteiger partial charge in [-0.3, -0.25) is 19.3 Å². The summed E-state index contributed by atoms with van der Waals surface area (Å²) in [7, 11) is 0. The second-order valence-electron chi connectivity index (χ2n) is 6.35. The number of benzene rings is 2. The van der Waals surface area contributed by atoms with Crippen molar-refractivity contribution in [1.82, 2.24) is 0 Å². The first-order chi connectivity index (χ1) is 13.3. The van der Waals surface area contributed by atoms with Gasteiger partial charge in [0.15, 0.2) is 11.9 Å². The Morgan fingerprint density at radius 2 is 1.75 bits per heavy atom. The molecule has 1 heterocycles. The highest BCUT2D eigenvalue weighted by Crippen LogP contribution is 2.35. The lowest BCUT2D eigenvalue weighted by Gasteiger charge is -2.32. The summed E-state index contributed by atoms with van der Waals surface area (Å²) in [6.45, 7) is 2.72. The van der Waals surface area contributed by atoms with Crippen molar-refractivity contribution in [2.24, 2.45) is 0 Å². The third kappa shape index (κ3) is 3.85. The van der Waals surface area contributed by atoms with Crippen molar-refractivity contribution >= 4 is 34.9 Å². The van der Waals surface area contributed by atoms with E-state index < -0.39 is 23.9 Å². The van der Waals surface area contributed by atoms with E-state index in [1.54, 1.807) is 19.1 Å². The maximum atomic E-state index is 12.5. The van der Waals surface area contributed by atoms with Crippen LogP contribution in [0.4, 0.5) is 11.4 Å². The van der Waals surface area contributed by atoms with E-state index in [1.807, 2.05) is 0 Å². The number of fused-ring (bicyclic) bond motifs is 1. The van der Waals surface area contributed by atoms with Gasteiger partial charge in [0, 0.05) is 11.3 Å². The lowest BCUT2D eigenvalue weighted by atomic mass is 10.1. The first-order valence-corrected chi connectivity index (χ1v) is 8.52. The highest BCUT2D eigenvalue weighted by atomic mass is 16.5. The van der Waals surface area contributed by atoms with E-state index >= 15 is 0 Å². The summed E-state index contributed by atoms with van der Waals surface area (Å²) in [5.74, 6) is -1.69. The minimum atomic E-state index is -1.07.